The van der Waals surface area contributed by atoms with E-state index in [4.69, 9.17) is 0 Å². The average molecular weight is 124 g/mol. The van der Waals surface area contributed by atoms with Crippen LogP contribution >= 0.6 is 0 Å². The maximum absolute atomic E-state index is 2.32. The lowest BCUT2D eigenvalue weighted by atomic mass is 9.98. The molecule has 0 radical (unpaired) electrons. The highest BCUT2D eigenvalue weighted by atomic mass is 14.5. The fourth-order valence-electron chi connectivity index (χ4n) is 2.55. The molecule has 0 saturated heterocycles. The molecule has 0 heteroatoms. The van der Waals surface area contributed by atoms with Crippen molar-refractivity contribution in [1.29, 1.82) is 0 Å². The summed E-state index contributed by atoms with van der Waals surface area (Å²) >= 11 is 0. The summed E-state index contributed by atoms with van der Waals surface area (Å²) in [6.45, 7) is 2.32. The SMILES string of the molecule is CCC[C@H]1CC[C@H]2C[C@H]12. The van der Waals surface area contributed by atoms with Crippen molar-refractivity contribution < 1.29 is 0 Å². The quantitative estimate of drug-likeness (QED) is 0.531. The van der Waals surface area contributed by atoms with Gasteiger partial charge in [-0.1, -0.05) is 19.8 Å². The Labute approximate surface area is 57.6 Å². The second kappa shape index (κ2) is 2.00. The van der Waals surface area contributed by atoms with Crippen LogP contribution in [0.3, 0.4) is 0 Å². The van der Waals surface area contributed by atoms with Crippen LogP contribution in [0.15, 0.2) is 0 Å². The van der Waals surface area contributed by atoms with Gasteiger partial charge in [0.25, 0.3) is 0 Å². The molecule has 0 aliphatic heterocycles. The standard InChI is InChI=1S/C9H16/c1-2-3-7-4-5-8-6-9(7)8/h7-9H,2-6H2,1H3/t7-,8-,9+/m0/s1. The predicted octanol–water partition coefficient (Wildman–Crippen LogP) is 2.83. The van der Waals surface area contributed by atoms with E-state index in [9.17, 15) is 0 Å². The molecule has 0 aromatic carbocycles. The van der Waals surface area contributed by atoms with E-state index in [1.165, 1.54) is 24.7 Å². The van der Waals surface area contributed by atoms with E-state index in [2.05, 4.69) is 6.92 Å². The Morgan fingerprint density at radius 3 is 2.67 bits per heavy atom. The van der Waals surface area contributed by atoms with E-state index in [1.54, 1.807) is 19.3 Å². The molecule has 0 unspecified atom stereocenters. The first-order valence-electron chi connectivity index (χ1n) is 4.42. The van der Waals surface area contributed by atoms with Gasteiger partial charge >= 0.3 is 0 Å². The third-order valence-electron chi connectivity index (χ3n) is 3.15. The summed E-state index contributed by atoms with van der Waals surface area (Å²) in [4.78, 5) is 0. The van der Waals surface area contributed by atoms with Gasteiger partial charge in [0, 0.05) is 0 Å². The van der Waals surface area contributed by atoms with Crippen LogP contribution in [0, 0.1) is 17.8 Å². The second-order valence-corrected chi connectivity index (χ2v) is 3.79. The Balaban J connectivity index is 1.84. The molecule has 3 atom stereocenters. The third kappa shape index (κ3) is 0.889. The van der Waals surface area contributed by atoms with E-state index in [1.807, 2.05) is 0 Å². The highest BCUT2D eigenvalue weighted by molar-refractivity contribution is 4.96. The summed E-state index contributed by atoms with van der Waals surface area (Å²) in [7, 11) is 0. The maximum Gasteiger partial charge on any atom is -0.0355 e. The van der Waals surface area contributed by atoms with Crippen molar-refractivity contribution >= 4 is 0 Å². The fraction of sp³-hybridized carbons (Fsp3) is 1.00. The van der Waals surface area contributed by atoms with Gasteiger partial charge in [0.2, 0.25) is 0 Å². The first-order chi connectivity index (χ1) is 4.42. The highest BCUT2D eigenvalue weighted by Gasteiger charge is 2.46. The van der Waals surface area contributed by atoms with Crippen LogP contribution in [-0.4, -0.2) is 0 Å². The predicted molar refractivity (Wildman–Crippen MR) is 39.2 cm³/mol. The zero-order chi connectivity index (χ0) is 6.27. The van der Waals surface area contributed by atoms with Crippen LogP contribution in [0.2, 0.25) is 0 Å². The minimum atomic E-state index is 1.15. The molecule has 0 amide bonds. The lowest BCUT2D eigenvalue weighted by Crippen LogP contribution is -1.96. The largest absolute Gasteiger partial charge is 0.0654 e. The molecule has 0 aromatic rings. The van der Waals surface area contributed by atoms with Crippen LogP contribution in [0.4, 0.5) is 0 Å². The van der Waals surface area contributed by atoms with Gasteiger partial charge < -0.3 is 0 Å². The van der Waals surface area contributed by atoms with E-state index in [0.29, 0.717) is 0 Å². The zero-order valence-electron chi connectivity index (χ0n) is 6.27. The van der Waals surface area contributed by atoms with E-state index >= 15 is 0 Å². The minimum Gasteiger partial charge on any atom is -0.0654 e. The Kier molecular flexibility index (Phi) is 1.28. The summed E-state index contributed by atoms with van der Waals surface area (Å²) in [5, 5.41) is 0. The summed E-state index contributed by atoms with van der Waals surface area (Å²) in [5.41, 5.74) is 0. The van der Waals surface area contributed by atoms with Crippen LogP contribution in [0.25, 0.3) is 0 Å². The monoisotopic (exact) mass is 124 g/mol. The first-order valence-corrected chi connectivity index (χ1v) is 4.42. The van der Waals surface area contributed by atoms with Crippen molar-refractivity contribution in [3.63, 3.8) is 0 Å². The lowest BCUT2D eigenvalue weighted by molar-refractivity contribution is 0.439. The average Bonchev–Trinajstić information content (AvgIpc) is 2.54. The number of hydrogen-bond acceptors (Lipinski definition) is 0. The summed E-state index contributed by atoms with van der Waals surface area (Å²) in [5.74, 6) is 3.55. The summed E-state index contributed by atoms with van der Waals surface area (Å²) in [6.07, 6.45) is 7.64. The molecular weight excluding hydrogens is 108 g/mol. The van der Waals surface area contributed by atoms with Crippen molar-refractivity contribution in [3.05, 3.63) is 0 Å². The lowest BCUT2D eigenvalue weighted by Gasteiger charge is -2.07. The number of fused-ring (bicyclic) bond motifs is 1. The first kappa shape index (κ1) is 5.76. The molecule has 2 aliphatic carbocycles. The Hall–Kier alpha value is 0. The van der Waals surface area contributed by atoms with Crippen molar-refractivity contribution in [3.8, 4) is 0 Å². The molecule has 2 fully saturated rings. The van der Waals surface area contributed by atoms with Gasteiger partial charge in [-0.15, -0.1) is 0 Å². The normalized spacial score (nSPS) is 47.0. The Morgan fingerprint density at radius 1 is 1.33 bits per heavy atom. The highest BCUT2D eigenvalue weighted by Crippen LogP contribution is 2.56. The van der Waals surface area contributed by atoms with Gasteiger partial charge in [0.1, 0.15) is 0 Å². The van der Waals surface area contributed by atoms with Gasteiger partial charge in [0.05, 0.1) is 0 Å². The molecule has 2 aliphatic rings. The molecule has 0 spiro atoms. The molecular formula is C9H16. The maximum atomic E-state index is 2.32. The molecule has 0 aromatic heterocycles. The number of hydrogen-bond donors (Lipinski definition) is 0. The molecule has 2 rings (SSSR count). The Bertz CT molecular complexity index is 107. The van der Waals surface area contributed by atoms with Crippen molar-refractivity contribution in [2.24, 2.45) is 17.8 Å². The van der Waals surface area contributed by atoms with Crippen LogP contribution < -0.4 is 0 Å². The molecule has 2 saturated carbocycles. The molecule has 0 bridgehead atoms. The van der Waals surface area contributed by atoms with Crippen molar-refractivity contribution in [2.75, 3.05) is 0 Å². The van der Waals surface area contributed by atoms with Crippen molar-refractivity contribution in [2.45, 2.75) is 39.0 Å². The molecule has 0 heterocycles. The van der Waals surface area contributed by atoms with Crippen LogP contribution in [0.5, 0.6) is 0 Å². The molecule has 52 valence electrons. The van der Waals surface area contributed by atoms with E-state index in [-0.39, 0.29) is 0 Å². The third-order valence-corrected chi connectivity index (χ3v) is 3.15. The molecule has 0 nitrogen and oxygen atoms in total. The number of rotatable bonds is 2. The van der Waals surface area contributed by atoms with Crippen LogP contribution in [-0.2, 0) is 0 Å². The van der Waals surface area contributed by atoms with Crippen molar-refractivity contribution in [1.82, 2.24) is 0 Å². The summed E-state index contributed by atoms with van der Waals surface area (Å²) in [6, 6.07) is 0. The topological polar surface area (TPSA) is 0 Å². The Morgan fingerprint density at radius 2 is 2.22 bits per heavy atom. The minimum absolute atomic E-state index is 1.15. The summed E-state index contributed by atoms with van der Waals surface area (Å²) < 4.78 is 0. The second-order valence-electron chi connectivity index (χ2n) is 3.79. The van der Waals surface area contributed by atoms with Gasteiger partial charge in [0.15, 0.2) is 0 Å². The van der Waals surface area contributed by atoms with Gasteiger partial charge in [-0.3, -0.25) is 0 Å². The smallest absolute Gasteiger partial charge is 0.0355 e. The van der Waals surface area contributed by atoms with E-state index < -0.39 is 0 Å². The zero-order valence-corrected chi connectivity index (χ0v) is 6.27. The fourth-order valence-corrected chi connectivity index (χ4v) is 2.55. The van der Waals surface area contributed by atoms with Gasteiger partial charge in [-0.05, 0) is 37.0 Å². The molecule has 9 heavy (non-hydrogen) atoms. The van der Waals surface area contributed by atoms with E-state index in [0.717, 1.165) is 5.92 Å². The van der Waals surface area contributed by atoms with Crippen LogP contribution in [0.1, 0.15) is 39.0 Å². The molecule has 0 N–H and O–H groups in total. The van der Waals surface area contributed by atoms with Gasteiger partial charge in [-0.25, -0.2) is 0 Å². The van der Waals surface area contributed by atoms with Gasteiger partial charge in [-0.2, -0.15) is 0 Å².